The summed E-state index contributed by atoms with van der Waals surface area (Å²) < 4.78 is 31.0. The quantitative estimate of drug-likeness (QED) is 0.623. The van der Waals surface area contributed by atoms with Gasteiger partial charge in [0.1, 0.15) is 0 Å². The number of carbonyl (C=O) groups is 2. The molecule has 0 radical (unpaired) electrons. The molecule has 2 N–H and O–H groups in total. The zero-order valence-electron chi connectivity index (χ0n) is 15.4. The summed E-state index contributed by atoms with van der Waals surface area (Å²) in [7, 11) is -3.65. The molecule has 0 unspecified atom stereocenters. The van der Waals surface area contributed by atoms with Crippen LogP contribution in [0, 0.1) is 6.92 Å². The fourth-order valence-corrected chi connectivity index (χ4v) is 3.57. The lowest BCUT2D eigenvalue weighted by atomic mass is 10.2. The molecule has 148 valence electrons. The van der Waals surface area contributed by atoms with Crippen LogP contribution in [0.15, 0.2) is 29.7 Å². The van der Waals surface area contributed by atoms with E-state index in [1.807, 2.05) is 31.2 Å². The topological polar surface area (TPSA) is 102 Å². The SMILES string of the molecule is Cc1ccc(/C=C/S(=O)(=O)NCCC(=O)OCC(=O)NC2CCCC2)cc1. The van der Waals surface area contributed by atoms with Gasteiger partial charge in [-0.3, -0.25) is 9.59 Å². The lowest BCUT2D eigenvalue weighted by Gasteiger charge is -2.11. The molecule has 1 aromatic rings. The summed E-state index contributed by atoms with van der Waals surface area (Å²) in [5, 5.41) is 3.87. The van der Waals surface area contributed by atoms with Gasteiger partial charge < -0.3 is 10.1 Å². The molecule has 1 saturated carbocycles. The van der Waals surface area contributed by atoms with E-state index >= 15 is 0 Å². The summed E-state index contributed by atoms with van der Waals surface area (Å²) in [5.41, 5.74) is 1.85. The number of aryl methyl sites for hydroxylation is 1. The summed E-state index contributed by atoms with van der Waals surface area (Å²) in [6.07, 6.45) is 5.45. The van der Waals surface area contributed by atoms with Gasteiger partial charge in [-0.25, -0.2) is 13.1 Å². The first-order valence-electron chi connectivity index (χ1n) is 9.03. The van der Waals surface area contributed by atoms with Crippen molar-refractivity contribution in [2.45, 2.75) is 45.1 Å². The van der Waals surface area contributed by atoms with E-state index in [0.717, 1.165) is 42.2 Å². The minimum atomic E-state index is -3.65. The summed E-state index contributed by atoms with van der Waals surface area (Å²) in [6.45, 7) is 1.52. The largest absolute Gasteiger partial charge is 0.456 e. The number of nitrogens with one attached hydrogen (secondary N) is 2. The van der Waals surface area contributed by atoms with E-state index in [9.17, 15) is 18.0 Å². The Hall–Kier alpha value is -2.19. The van der Waals surface area contributed by atoms with Gasteiger partial charge in [0.15, 0.2) is 6.61 Å². The van der Waals surface area contributed by atoms with Crippen molar-refractivity contribution < 1.29 is 22.7 Å². The number of benzene rings is 1. The van der Waals surface area contributed by atoms with E-state index in [2.05, 4.69) is 10.0 Å². The van der Waals surface area contributed by atoms with Gasteiger partial charge in [-0.2, -0.15) is 0 Å². The minimum Gasteiger partial charge on any atom is -0.456 e. The van der Waals surface area contributed by atoms with Crippen molar-refractivity contribution in [3.05, 3.63) is 40.8 Å². The van der Waals surface area contributed by atoms with E-state index in [1.165, 1.54) is 6.08 Å². The highest BCUT2D eigenvalue weighted by molar-refractivity contribution is 7.92. The fraction of sp³-hybridized carbons (Fsp3) is 0.474. The molecule has 2 rings (SSSR count). The number of rotatable bonds is 9. The predicted molar refractivity (Wildman–Crippen MR) is 103 cm³/mol. The van der Waals surface area contributed by atoms with Crippen molar-refractivity contribution in [2.24, 2.45) is 0 Å². The highest BCUT2D eigenvalue weighted by Gasteiger charge is 2.17. The van der Waals surface area contributed by atoms with Gasteiger partial charge in [-0.1, -0.05) is 42.7 Å². The third-order valence-electron chi connectivity index (χ3n) is 4.23. The second-order valence-corrected chi connectivity index (χ2v) is 8.26. The maximum atomic E-state index is 11.9. The molecular weight excluding hydrogens is 368 g/mol. The van der Waals surface area contributed by atoms with Crippen LogP contribution in [0.1, 0.15) is 43.2 Å². The van der Waals surface area contributed by atoms with Gasteiger partial charge in [0.25, 0.3) is 5.91 Å². The van der Waals surface area contributed by atoms with Crippen molar-refractivity contribution >= 4 is 28.0 Å². The smallest absolute Gasteiger partial charge is 0.307 e. The van der Waals surface area contributed by atoms with Crippen LogP contribution in [0.5, 0.6) is 0 Å². The summed E-state index contributed by atoms with van der Waals surface area (Å²) in [4.78, 5) is 23.3. The molecule has 1 amide bonds. The number of carbonyl (C=O) groups excluding carboxylic acids is 2. The molecule has 7 nitrogen and oxygen atoms in total. The van der Waals surface area contributed by atoms with Crippen molar-refractivity contribution in [3.8, 4) is 0 Å². The van der Waals surface area contributed by atoms with Crippen LogP contribution in [0.3, 0.4) is 0 Å². The summed E-state index contributed by atoms with van der Waals surface area (Å²) in [5.74, 6) is -0.946. The maximum Gasteiger partial charge on any atom is 0.307 e. The summed E-state index contributed by atoms with van der Waals surface area (Å²) >= 11 is 0. The minimum absolute atomic E-state index is 0.0936. The lowest BCUT2D eigenvalue weighted by molar-refractivity contribution is -0.148. The molecule has 0 atom stereocenters. The van der Waals surface area contributed by atoms with Crippen LogP contribution in [0.4, 0.5) is 0 Å². The van der Waals surface area contributed by atoms with Crippen LogP contribution in [0.2, 0.25) is 0 Å². The average Bonchev–Trinajstić information content (AvgIpc) is 3.12. The molecule has 0 aliphatic heterocycles. The van der Waals surface area contributed by atoms with Crippen LogP contribution in [-0.4, -0.2) is 39.5 Å². The van der Waals surface area contributed by atoms with Crippen LogP contribution in [-0.2, 0) is 24.3 Å². The van der Waals surface area contributed by atoms with E-state index in [1.54, 1.807) is 0 Å². The standard InChI is InChI=1S/C19H26N2O5S/c1-15-6-8-16(9-7-15)11-13-27(24,25)20-12-10-19(23)26-14-18(22)21-17-4-2-3-5-17/h6-9,11,13,17,20H,2-5,10,12,14H2,1H3,(H,21,22)/b13-11+. The molecule has 0 bridgehead atoms. The molecule has 27 heavy (non-hydrogen) atoms. The van der Waals surface area contributed by atoms with E-state index in [4.69, 9.17) is 4.74 Å². The second-order valence-electron chi connectivity index (χ2n) is 6.61. The third-order valence-corrected chi connectivity index (χ3v) is 5.33. The van der Waals surface area contributed by atoms with E-state index in [-0.39, 0.29) is 31.5 Å². The van der Waals surface area contributed by atoms with Crippen LogP contribution >= 0.6 is 0 Å². The monoisotopic (exact) mass is 394 g/mol. The normalized spacial score (nSPS) is 15.1. The van der Waals surface area contributed by atoms with E-state index in [0.29, 0.717) is 0 Å². The molecule has 1 aliphatic rings. The molecule has 1 aliphatic carbocycles. The van der Waals surface area contributed by atoms with Crippen LogP contribution in [0.25, 0.3) is 6.08 Å². The Morgan fingerprint density at radius 3 is 2.52 bits per heavy atom. The molecule has 0 heterocycles. The second kappa shape index (κ2) is 10.2. The molecular formula is C19H26N2O5S. The highest BCUT2D eigenvalue weighted by atomic mass is 32.2. The van der Waals surface area contributed by atoms with Gasteiger partial charge in [0, 0.05) is 18.0 Å². The Labute approximate surface area is 160 Å². The first kappa shape index (κ1) is 21.1. The average molecular weight is 394 g/mol. The zero-order valence-corrected chi connectivity index (χ0v) is 16.3. The van der Waals surface area contributed by atoms with Gasteiger partial charge in [0.05, 0.1) is 6.42 Å². The van der Waals surface area contributed by atoms with E-state index < -0.39 is 16.0 Å². The number of ether oxygens (including phenoxy) is 1. The molecule has 0 spiro atoms. The Morgan fingerprint density at radius 1 is 1.19 bits per heavy atom. The van der Waals surface area contributed by atoms with Crippen molar-refractivity contribution in [1.82, 2.24) is 10.0 Å². The Morgan fingerprint density at radius 2 is 1.85 bits per heavy atom. The fourth-order valence-electron chi connectivity index (χ4n) is 2.75. The number of hydrogen-bond acceptors (Lipinski definition) is 5. The Bertz CT molecular complexity index is 766. The van der Waals surface area contributed by atoms with Crippen molar-refractivity contribution in [1.29, 1.82) is 0 Å². The first-order valence-corrected chi connectivity index (χ1v) is 10.6. The van der Waals surface area contributed by atoms with Crippen molar-refractivity contribution in [3.63, 3.8) is 0 Å². The Balaban J connectivity index is 1.65. The number of esters is 1. The molecule has 1 fully saturated rings. The van der Waals surface area contributed by atoms with Crippen LogP contribution < -0.4 is 10.0 Å². The van der Waals surface area contributed by atoms with Crippen molar-refractivity contribution in [2.75, 3.05) is 13.2 Å². The van der Waals surface area contributed by atoms with Gasteiger partial charge >= 0.3 is 5.97 Å². The third kappa shape index (κ3) is 8.36. The molecule has 1 aromatic carbocycles. The summed E-state index contributed by atoms with van der Waals surface area (Å²) in [6, 6.07) is 7.57. The number of amides is 1. The van der Waals surface area contributed by atoms with Gasteiger partial charge in [0.2, 0.25) is 10.0 Å². The zero-order chi connectivity index (χ0) is 19.7. The Kier molecular flexibility index (Phi) is 7.99. The predicted octanol–water partition coefficient (Wildman–Crippen LogP) is 1.88. The maximum absolute atomic E-state index is 11.9. The van der Waals surface area contributed by atoms with Gasteiger partial charge in [-0.15, -0.1) is 0 Å². The molecule has 0 aromatic heterocycles. The molecule has 0 saturated heterocycles. The number of sulfonamides is 1. The highest BCUT2D eigenvalue weighted by Crippen LogP contribution is 2.17. The van der Waals surface area contributed by atoms with Gasteiger partial charge in [-0.05, 0) is 31.4 Å². The molecule has 8 heteroatoms. The lowest BCUT2D eigenvalue weighted by Crippen LogP contribution is -2.36. The first-order chi connectivity index (χ1) is 12.8. The number of hydrogen-bond donors (Lipinski definition) is 2.